The lowest BCUT2D eigenvalue weighted by Gasteiger charge is -2.17. The molecular weight excluding hydrogens is 273 g/mol. The van der Waals surface area contributed by atoms with Crippen LogP contribution in [0.2, 0.25) is 0 Å². The minimum Gasteiger partial charge on any atom is -0.478 e. The smallest absolute Gasteiger partial charge is 0.328 e. The Labute approximate surface area is 122 Å². The molecule has 1 fully saturated rings. The van der Waals surface area contributed by atoms with Crippen molar-refractivity contribution in [3.8, 4) is 0 Å². The van der Waals surface area contributed by atoms with Crippen LogP contribution in [0, 0.1) is 17.7 Å². The van der Waals surface area contributed by atoms with Crippen LogP contribution in [0.5, 0.6) is 0 Å². The Morgan fingerprint density at radius 1 is 1.48 bits per heavy atom. The molecule has 2 rings (SSSR count). The topological polar surface area (TPSA) is 57.6 Å². The van der Waals surface area contributed by atoms with Crippen LogP contribution in [0.1, 0.15) is 29.3 Å². The molecule has 1 aromatic rings. The SMILES string of the molecule is CC1CC1CN(C)C(=O)c1ccc(C=CC(=O)O)c(F)c1. The van der Waals surface area contributed by atoms with Crippen LogP contribution in [0.15, 0.2) is 24.3 Å². The first-order chi connectivity index (χ1) is 9.88. The number of halogens is 1. The molecule has 0 saturated heterocycles. The number of amides is 1. The summed E-state index contributed by atoms with van der Waals surface area (Å²) in [6, 6.07) is 4.08. The molecule has 0 radical (unpaired) electrons. The van der Waals surface area contributed by atoms with E-state index in [2.05, 4.69) is 6.92 Å². The lowest BCUT2D eigenvalue weighted by molar-refractivity contribution is -0.131. The molecule has 1 aliphatic carbocycles. The minimum absolute atomic E-state index is 0.146. The number of hydrogen-bond donors (Lipinski definition) is 1. The standard InChI is InChI=1S/C16H18FNO3/c1-10-7-13(10)9-18(2)16(21)12-4-3-11(14(17)8-12)5-6-15(19)20/h3-6,8,10,13H,7,9H2,1-2H3,(H,19,20). The summed E-state index contributed by atoms with van der Waals surface area (Å²) in [6.45, 7) is 2.83. The Kier molecular flexibility index (Phi) is 4.40. The number of aliphatic carboxylic acids is 1. The number of carbonyl (C=O) groups is 2. The molecule has 112 valence electrons. The zero-order valence-corrected chi connectivity index (χ0v) is 12.0. The Hall–Kier alpha value is -2.17. The molecule has 1 aromatic carbocycles. The van der Waals surface area contributed by atoms with E-state index < -0.39 is 11.8 Å². The predicted molar refractivity (Wildman–Crippen MR) is 77.3 cm³/mol. The zero-order valence-electron chi connectivity index (χ0n) is 12.0. The first-order valence-electron chi connectivity index (χ1n) is 6.84. The molecule has 4 nitrogen and oxygen atoms in total. The number of carbonyl (C=O) groups excluding carboxylic acids is 1. The van der Waals surface area contributed by atoms with Gasteiger partial charge in [-0.05, 0) is 36.5 Å². The fraction of sp³-hybridized carbons (Fsp3) is 0.375. The highest BCUT2D eigenvalue weighted by molar-refractivity contribution is 5.94. The van der Waals surface area contributed by atoms with Crippen LogP contribution in [-0.4, -0.2) is 35.5 Å². The number of hydrogen-bond acceptors (Lipinski definition) is 2. The van der Waals surface area contributed by atoms with Crippen molar-refractivity contribution < 1.29 is 19.1 Å². The van der Waals surface area contributed by atoms with Gasteiger partial charge in [-0.15, -0.1) is 0 Å². The Morgan fingerprint density at radius 3 is 2.67 bits per heavy atom. The van der Waals surface area contributed by atoms with Crippen LogP contribution >= 0.6 is 0 Å². The summed E-state index contributed by atoms with van der Waals surface area (Å²) in [6.07, 6.45) is 3.16. The highest BCUT2D eigenvalue weighted by Gasteiger charge is 2.34. The van der Waals surface area contributed by atoms with Gasteiger partial charge < -0.3 is 10.0 Å². The average Bonchev–Trinajstić information content (AvgIpc) is 3.11. The summed E-state index contributed by atoms with van der Waals surface area (Å²) in [7, 11) is 1.71. The van der Waals surface area contributed by atoms with Crippen LogP contribution in [-0.2, 0) is 4.79 Å². The molecule has 0 heterocycles. The van der Waals surface area contributed by atoms with Gasteiger partial charge in [0.2, 0.25) is 0 Å². The predicted octanol–water partition coefficient (Wildman–Crippen LogP) is 2.65. The van der Waals surface area contributed by atoms with E-state index in [-0.39, 0.29) is 17.0 Å². The summed E-state index contributed by atoms with van der Waals surface area (Å²) in [4.78, 5) is 24.2. The van der Waals surface area contributed by atoms with Gasteiger partial charge in [0, 0.05) is 30.8 Å². The van der Waals surface area contributed by atoms with E-state index in [1.165, 1.54) is 18.2 Å². The molecular formula is C16H18FNO3. The van der Waals surface area contributed by atoms with Crippen molar-refractivity contribution in [3.05, 3.63) is 41.2 Å². The molecule has 1 N–H and O–H groups in total. The van der Waals surface area contributed by atoms with Crippen molar-refractivity contribution in [2.45, 2.75) is 13.3 Å². The summed E-state index contributed by atoms with van der Waals surface area (Å²) in [5.41, 5.74) is 0.420. The third-order valence-electron chi connectivity index (χ3n) is 3.78. The van der Waals surface area contributed by atoms with Crippen molar-refractivity contribution >= 4 is 18.0 Å². The van der Waals surface area contributed by atoms with Crippen molar-refractivity contribution in [1.82, 2.24) is 4.90 Å². The second kappa shape index (κ2) is 6.08. The van der Waals surface area contributed by atoms with Gasteiger partial charge in [-0.2, -0.15) is 0 Å². The van der Waals surface area contributed by atoms with Gasteiger partial charge in [0.15, 0.2) is 0 Å². The fourth-order valence-corrected chi connectivity index (χ4v) is 2.26. The fourth-order valence-electron chi connectivity index (χ4n) is 2.26. The van der Waals surface area contributed by atoms with E-state index in [0.717, 1.165) is 18.6 Å². The van der Waals surface area contributed by atoms with Crippen molar-refractivity contribution in [2.24, 2.45) is 11.8 Å². The molecule has 2 unspecified atom stereocenters. The maximum atomic E-state index is 13.8. The van der Waals surface area contributed by atoms with Crippen LogP contribution in [0.4, 0.5) is 4.39 Å². The van der Waals surface area contributed by atoms with E-state index >= 15 is 0 Å². The maximum Gasteiger partial charge on any atom is 0.328 e. The van der Waals surface area contributed by atoms with Crippen molar-refractivity contribution in [3.63, 3.8) is 0 Å². The summed E-state index contributed by atoms with van der Waals surface area (Å²) < 4.78 is 13.8. The third-order valence-corrected chi connectivity index (χ3v) is 3.78. The first kappa shape index (κ1) is 15.2. The molecule has 21 heavy (non-hydrogen) atoms. The molecule has 0 spiro atoms. The van der Waals surface area contributed by atoms with E-state index in [0.29, 0.717) is 18.4 Å². The number of nitrogens with zero attached hydrogens (tertiary/aromatic N) is 1. The highest BCUT2D eigenvalue weighted by atomic mass is 19.1. The van der Waals surface area contributed by atoms with Crippen molar-refractivity contribution in [2.75, 3.05) is 13.6 Å². The van der Waals surface area contributed by atoms with Gasteiger partial charge in [-0.25, -0.2) is 9.18 Å². The van der Waals surface area contributed by atoms with Gasteiger partial charge in [0.1, 0.15) is 5.82 Å². The van der Waals surface area contributed by atoms with Crippen LogP contribution < -0.4 is 0 Å². The number of carboxylic acids is 1. The second-order valence-electron chi connectivity index (χ2n) is 5.57. The van der Waals surface area contributed by atoms with Crippen molar-refractivity contribution in [1.29, 1.82) is 0 Å². The molecule has 5 heteroatoms. The van der Waals surface area contributed by atoms with Crippen LogP contribution in [0.3, 0.4) is 0 Å². The van der Waals surface area contributed by atoms with E-state index in [1.54, 1.807) is 11.9 Å². The van der Waals surface area contributed by atoms with Gasteiger partial charge in [-0.3, -0.25) is 4.79 Å². The normalized spacial score (nSPS) is 20.5. The van der Waals surface area contributed by atoms with Gasteiger partial charge in [-0.1, -0.05) is 13.0 Å². The lowest BCUT2D eigenvalue weighted by atomic mass is 10.1. The minimum atomic E-state index is -1.15. The molecule has 2 atom stereocenters. The summed E-state index contributed by atoms with van der Waals surface area (Å²) in [5, 5.41) is 8.52. The molecule has 1 amide bonds. The van der Waals surface area contributed by atoms with E-state index in [1.807, 2.05) is 0 Å². The number of carboxylic acid groups (broad SMARTS) is 1. The zero-order chi connectivity index (χ0) is 15.6. The first-order valence-corrected chi connectivity index (χ1v) is 6.84. The molecule has 0 aliphatic heterocycles. The molecule has 1 saturated carbocycles. The van der Waals surface area contributed by atoms with E-state index in [9.17, 15) is 14.0 Å². The Morgan fingerprint density at radius 2 is 2.14 bits per heavy atom. The van der Waals surface area contributed by atoms with E-state index in [4.69, 9.17) is 5.11 Å². The Bertz CT molecular complexity index is 597. The number of rotatable bonds is 5. The molecule has 0 aromatic heterocycles. The van der Waals surface area contributed by atoms with Crippen LogP contribution in [0.25, 0.3) is 6.08 Å². The molecule has 0 bridgehead atoms. The van der Waals surface area contributed by atoms with Gasteiger partial charge in [0.05, 0.1) is 0 Å². The monoisotopic (exact) mass is 291 g/mol. The Balaban J connectivity index is 2.08. The number of benzene rings is 1. The maximum absolute atomic E-state index is 13.8. The quantitative estimate of drug-likeness (QED) is 0.848. The lowest BCUT2D eigenvalue weighted by Crippen LogP contribution is -2.29. The van der Waals surface area contributed by atoms with Gasteiger partial charge >= 0.3 is 5.97 Å². The third kappa shape index (κ3) is 3.90. The highest BCUT2D eigenvalue weighted by Crippen LogP contribution is 2.38. The summed E-state index contributed by atoms with van der Waals surface area (Å²) >= 11 is 0. The second-order valence-corrected chi connectivity index (χ2v) is 5.57. The molecule has 1 aliphatic rings. The average molecular weight is 291 g/mol. The summed E-state index contributed by atoms with van der Waals surface area (Å²) in [5.74, 6) is -0.775. The largest absolute Gasteiger partial charge is 0.478 e. The van der Waals surface area contributed by atoms with Gasteiger partial charge in [0.25, 0.3) is 5.91 Å².